The number of carbonyl (C=O) groups excluding carboxylic acids is 1. The van der Waals surface area contributed by atoms with Gasteiger partial charge in [0.1, 0.15) is 0 Å². The number of hydrogen-bond acceptors (Lipinski definition) is 3. The van der Waals surface area contributed by atoms with E-state index in [9.17, 15) is 9.90 Å². The number of piperidine rings is 1. The van der Waals surface area contributed by atoms with Gasteiger partial charge >= 0.3 is 0 Å². The average molecular weight is 315 g/mol. The van der Waals surface area contributed by atoms with E-state index in [2.05, 4.69) is 22.4 Å². The molecule has 0 aromatic rings. The maximum absolute atomic E-state index is 12.7. The first-order chi connectivity index (χ1) is 9.75. The minimum absolute atomic E-state index is 0. The lowest BCUT2D eigenvalue weighted by molar-refractivity contribution is -0.135. The fraction of sp³-hybridized carbons (Fsp3) is 0.812. The second-order valence-corrected chi connectivity index (χ2v) is 6.69. The Hall–Kier alpha value is -0.580. The van der Waals surface area contributed by atoms with Crippen molar-refractivity contribution in [2.75, 3.05) is 32.8 Å². The van der Waals surface area contributed by atoms with Crippen molar-refractivity contribution in [3.05, 3.63) is 12.2 Å². The summed E-state index contributed by atoms with van der Waals surface area (Å²) in [4.78, 5) is 14.7. The molecule has 2 heterocycles. The second kappa shape index (κ2) is 7.12. The Morgan fingerprint density at radius 2 is 2.10 bits per heavy atom. The number of rotatable bonds is 2. The number of allylic oxidation sites excluding steroid dienone is 2. The lowest BCUT2D eigenvalue weighted by Gasteiger charge is -2.37. The SMILES string of the molecule is Cl.O=C(C1CC=CCC1)N1CC(CO)C2(CCNCC2)C1. The van der Waals surface area contributed by atoms with Crippen LogP contribution in [-0.4, -0.2) is 48.7 Å². The molecule has 1 spiro atoms. The number of nitrogens with one attached hydrogen (secondary N) is 1. The van der Waals surface area contributed by atoms with Gasteiger partial charge in [-0.1, -0.05) is 12.2 Å². The van der Waals surface area contributed by atoms with Gasteiger partial charge in [-0.25, -0.2) is 0 Å². The predicted molar refractivity (Wildman–Crippen MR) is 85.4 cm³/mol. The zero-order chi connectivity index (χ0) is 14.0. The molecule has 0 saturated carbocycles. The number of likely N-dealkylation sites (tertiary alicyclic amines) is 1. The van der Waals surface area contributed by atoms with E-state index in [1.54, 1.807) is 0 Å². The molecular weight excluding hydrogens is 288 g/mol. The Labute approximate surface area is 133 Å². The van der Waals surface area contributed by atoms with Gasteiger partial charge in [0.15, 0.2) is 0 Å². The maximum atomic E-state index is 12.7. The summed E-state index contributed by atoms with van der Waals surface area (Å²) in [5, 5.41) is 13.1. The van der Waals surface area contributed by atoms with Crippen molar-refractivity contribution in [2.45, 2.75) is 32.1 Å². The van der Waals surface area contributed by atoms with E-state index >= 15 is 0 Å². The molecule has 1 aliphatic carbocycles. The minimum atomic E-state index is 0. The van der Waals surface area contributed by atoms with Crippen LogP contribution in [0.1, 0.15) is 32.1 Å². The summed E-state index contributed by atoms with van der Waals surface area (Å²) < 4.78 is 0. The number of aliphatic hydroxyl groups is 1. The molecule has 120 valence electrons. The number of nitrogens with zero attached hydrogens (tertiary/aromatic N) is 1. The molecule has 3 rings (SSSR count). The van der Waals surface area contributed by atoms with Gasteiger partial charge in [-0.2, -0.15) is 0 Å². The van der Waals surface area contributed by atoms with Gasteiger partial charge in [0.2, 0.25) is 5.91 Å². The van der Waals surface area contributed by atoms with Gasteiger partial charge < -0.3 is 15.3 Å². The van der Waals surface area contributed by atoms with Gasteiger partial charge in [-0.15, -0.1) is 12.4 Å². The van der Waals surface area contributed by atoms with Gasteiger partial charge in [0.05, 0.1) is 0 Å². The van der Waals surface area contributed by atoms with Crippen LogP contribution in [-0.2, 0) is 4.79 Å². The molecule has 2 unspecified atom stereocenters. The van der Waals surface area contributed by atoms with E-state index in [0.717, 1.165) is 58.3 Å². The monoisotopic (exact) mass is 314 g/mol. The molecule has 5 heteroatoms. The Morgan fingerprint density at radius 3 is 2.71 bits per heavy atom. The summed E-state index contributed by atoms with van der Waals surface area (Å²) in [6.45, 7) is 3.87. The van der Waals surface area contributed by atoms with Crippen LogP contribution in [0.25, 0.3) is 0 Å². The molecule has 2 saturated heterocycles. The van der Waals surface area contributed by atoms with E-state index in [1.165, 1.54) is 0 Å². The lowest BCUT2D eigenvalue weighted by atomic mass is 9.71. The number of amides is 1. The van der Waals surface area contributed by atoms with Gasteiger partial charge in [0, 0.05) is 31.5 Å². The number of hydrogen-bond donors (Lipinski definition) is 2. The summed E-state index contributed by atoms with van der Waals surface area (Å²) in [5.74, 6) is 0.770. The molecule has 2 aliphatic heterocycles. The van der Waals surface area contributed by atoms with Gasteiger partial charge in [0.25, 0.3) is 0 Å². The standard InChI is InChI=1S/C16H26N2O2.ClH/c19-11-14-10-18(12-16(14)6-8-17-9-7-16)15(20)13-4-2-1-3-5-13;/h1-2,13-14,17,19H,3-12H2;1H. The van der Waals surface area contributed by atoms with Gasteiger partial charge in [-0.05, 0) is 50.6 Å². The van der Waals surface area contributed by atoms with Crippen molar-refractivity contribution in [1.29, 1.82) is 0 Å². The Kier molecular flexibility index (Phi) is 5.69. The van der Waals surface area contributed by atoms with Crippen molar-refractivity contribution in [2.24, 2.45) is 17.3 Å². The second-order valence-electron chi connectivity index (χ2n) is 6.69. The third kappa shape index (κ3) is 3.27. The average Bonchev–Trinajstić information content (AvgIpc) is 2.86. The molecule has 21 heavy (non-hydrogen) atoms. The fourth-order valence-electron chi connectivity index (χ4n) is 4.22. The number of halogens is 1. The van der Waals surface area contributed by atoms with Crippen LogP contribution in [0.2, 0.25) is 0 Å². The highest BCUT2D eigenvalue weighted by Gasteiger charge is 2.48. The van der Waals surface area contributed by atoms with Crippen LogP contribution < -0.4 is 5.32 Å². The van der Waals surface area contributed by atoms with Crippen LogP contribution >= 0.6 is 12.4 Å². The molecule has 0 radical (unpaired) electrons. The largest absolute Gasteiger partial charge is 0.396 e. The highest BCUT2D eigenvalue weighted by molar-refractivity contribution is 5.85. The van der Waals surface area contributed by atoms with Crippen molar-refractivity contribution in [1.82, 2.24) is 10.2 Å². The highest BCUT2D eigenvalue weighted by Crippen LogP contribution is 2.43. The molecule has 0 bridgehead atoms. The Morgan fingerprint density at radius 1 is 1.33 bits per heavy atom. The van der Waals surface area contributed by atoms with Crippen molar-refractivity contribution >= 4 is 18.3 Å². The summed E-state index contributed by atoms with van der Waals surface area (Å²) in [7, 11) is 0. The van der Waals surface area contributed by atoms with Crippen LogP contribution in [0, 0.1) is 17.3 Å². The van der Waals surface area contributed by atoms with Gasteiger partial charge in [-0.3, -0.25) is 4.79 Å². The Balaban J connectivity index is 0.00000161. The normalized spacial score (nSPS) is 31.2. The minimum Gasteiger partial charge on any atom is -0.396 e. The first kappa shape index (κ1) is 16.8. The molecule has 2 atom stereocenters. The number of aliphatic hydroxyl groups excluding tert-OH is 1. The zero-order valence-corrected chi connectivity index (χ0v) is 13.4. The zero-order valence-electron chi connectivity index (χ0n) is 12.6. The van der Waals surface area contributed by atoms with E-state index in [4.69, 9.17) is 0 Å². The van der Waals surface area contributed by atoms with Crippen LogP contribution in [0.4, 0.5) is 0 Å². The summed E-state index contributed by atoms with van der Waals surface area (Å²) in [6, 6.07) is 0. The summed E-state index contributed by atoms with van der Waals surface area (Å²) >= 11 is 0. The topological polar surface area (TPSA) is 52.6 Å². The van der Waals surface area contributed by atoms with Crippen molar-refractivity contribution in [3.8, 4) is 0 Å². The van der Waals surface area contributed by atoms with E-state index in [1.807, 2.05) is 0 Å². The molecule has 2 N–H and O–H groups in total. The quantitative estimate of drug-likeness (QED) is 0.761. The van der Waals surface area contributed by atoms with Crippen molar-refractivity contribution in [3.63, 3.8) is 0 Å². The summed E-state index contributed by atoms with van der Waals surface area (Å²) in [6.07, 6.45) is 9.42. The molecule has 1 amide bonds. The Bertz CT molecular complexity index is 394. The first-order valence-corrected chi connectivity index (χ1v) is 8.00. The molecule has 0 aromatic heterocycles. The smallest absolute Gasteiger partial charge is 0.226 e. The third-order valence-electron chi connectivity index (χ3n) is 5.56. The maximum Gasteiger partial charge on any atom is 0.226 e. The van der Waals surface area contributed by atoms with E-state index < -0.39 is 0 Å². The highest BCUT2D eigenvalue weighted by atomic mass is 35.5. The molecule has 0 aromatic carbocycles. The number of carbonyl (C=O) groups is 1. The van der Waals surface area contributed by atoms with Crippen LogP contribution in [0.5, 0.6) is 0 Å². The lowest BCUT2D eigenvalue weighted by Crippen LogP contribution is -2.43. The third-order valence-corrected chi connectivity index (χ3v) is 5.56. The molecule has 2 fully saturated rings. The fourth-order valence-corrected chi connectivity index (χ4v) is 4.22. The van der Waals surface area contributed by atoms with Crippen LogP contribution in [0.15, 0.2) is 12.2 Å². The van der Waals surface area contributed by atoms with E-state index in [0.29, 0.717) is 5.91 Å². The molecule has 3 aliphatic rings. The first-order valence-electron chi connectivity index (χ1n) is 8.00. The predicted octanol–water partition coefficient (Wildman–Crippen LogP) is 1.58. The van der Waals surface area contributed by atoms with E-state index in [-0.39, 0.29) is 36.3 Å². The van der Waals surface area contributed by atoms with Crippen molar-refractivity contribution < 1.29 is 9.90 Å². The summed E-state index contributed by atoms with van der Waals surface area (Å²) in [5.41, 5.74) is 0.167. The molecular formula is C16H27ClN2O2. The van der Waals surface area contributed by atoms with Crippen LogP contribution in [0.3, 0.4) is 0 Å². The molecule has 4 nitrogen and oxygen atoms in total.